The van der Waals surface area contributed by atoms with Gasteiger partial charge in [0.2, 0.25) is 10.9 Å². The van der Waals surface area contributed by atoms with Gasteiger partial charge in [0.25, 0.3) is 5.91 Å². The van der Waals surface area contributed by atoms with Crippen LogP contribution in [0.2, 0.25) is 0 Å². The summed E-state index contributed by atoms with van der Waals surface area (Å²) in [6.07, 6.45) is 1.57. The molecule has 0 bridgehead atoms. The summed E-state index contributed by atoms with van der Waals surface area (Å²) in [5.74, 6) is 1.17. The summed E-state index contributed by atoms with van der Waals surface area (Å²) >= 11 is 4.87. The number of fused-ring (bicyclic) bond motifs is 1. The molecule has 4 aromatic rings. The van der Waals surface area contributed by atoms with E-state index in [-0.39, 0.29) is 5.91 Å². The van der Waals surface area contributed by atoms with E-state index < -0.39 is 0 Å². The second-order valence-electron chi connectivity index (χ2n) is 7.30. The molecule has 0 aliphatic carbocycles. The fraction of sp³-hybridized carbons (Fsp3) is 0.160. The number of ether oxygens (including phenoxy) is 3. The van der Waals surface area contributed by atoms with Crippen LogP contribution in [0.1, 0.15) is 21.5 Å². The van der Waals surface area contributed by atoms with Crippen LogP contribution in [0, 0.1) is 6.92 Å². The highest BCUT2D eigenvalue weighted by Crippen LogP contribution is 2.38. The van der Waals surface area contributed by atoms with E-state index in [1.807, 2.05) is 43.3 Å². The van der Waals surface area contributed by atoms with E-state index in [0.29, 0.717) is 33.5 Å². The van der Waals surface area contributed by atoms with Crippen LogP contribution >= 0.6 is 27.3 Å². The van der Waals surface area contributed by atoms with Crippen molar-refractivity contribution in [2.45, 2.75) is 6.92 Å². The normalized spacial score (nSPS) is 11.1. The van der Waals surface area contributed by atoms with Crippen LogP contribution in [-0.4, -0.2) is 38.4 Å². The third-order valence-electron chi connectivity index (χ3n) is 4.99. The summed E-state index contributed by atoms with van der Waals surface area (Å²) < 4.78 is 18.1. The van der Waals surface area contributed by atoms with E-state index in [2.05, 4.69) is 26.0 Å². The number of hydrogen-bond donors (Lipinski definition) is 0. The molecule has 0 saturated heterocycles. The van der Waals surface area contributed by atoms with Gasteiger partial charge in [-0.25, -0.2) is 4.98 Å². The smallest absolute Gasteiger partial charge is 0.280 e. The maximum atomic E-state index is 13.5. The first-order valence-corrected chi connectivity index (χ1v) is 11.9. The van der Waals surface area contributed by atoms with Gasteiger partial charge < -0.3 is 14.2 Å². The number of anilines is 1. The number of carbonyl (C=O) groups is 1. The summed E-state index contributed by atoms with van der Waals surface area (Å²) in [5, 5.41) is 6.31. The van der Waals surface area contributed by atoms with Crippen molar-refractivity contribution < 1.29 is 19.0 Å². The number of carbonyl (C=O) groups excluding carboxylic acids is 1. The Labute approximate surface area is 209 Å². The monoisotopic (exact) mass is 539 g/mol. The topological polar surface area (TPSA) is 73.2 Å². The number of aromatic nitrogens is 1. The number of benzene rings is 3. The van der Waals surface area contributed by atoms with Crippen LogP contribution in [-0.2, 0) is 0 Å². The van der Waals surface area contributed by atoms with Crippen molar-refractivity contribution in [3.8, 4) is 17.2 Å². The molecule has 0 aliphatic rings. The number of hydrazone groups is 1. The summed E-state index contributed by atoms with van der Waals surface area (Å²) in [4.78, 5) is 18.2. The Morgan fingerprint density at radius 1 is 1.03 bits per heavy atom. The van der Waals surface area contributed by atoms with Crippen molar-refractivity contribution in [1.82, 2.24) is 4.98 Å². The van der Waals surface area contributed by atoms with Gasteiger partial charge in [-0.05, 0) is 49.4 Å². The molecular weight excluding hydrogens is 518 g/mol. The Kier molecular flexibility index (Phi) is 7.14. The minimum Gasteiger partial charge on any atom is -0.493 e. The lowest BCUT2D eigenvalue weighted by Gasteiger charge is -2.15. The van der Waals surface area contributed by atoms with E-state index in [4.69, 9.17) is 14.2 Å². The molecule has 34 heavy (non-hydrogen) atoms. The Balaban J connectivity index is 1.79. The molecule has 0 radical (unpaired) electrons. The zero-order valence-electron chi connectivity index (χ0n) is 19.0. The molecule has 0 unspecified atom stereocenters. The van der Waals surface area contributed by atoms with Gasteiger partial charge in [0, 0.05) is 15.6 Å². The second kappa shape index (κ2) is 10.2. The molecule has 0 spiro atoms. The SMILES string of the molecule is COc1cc(/C=N/N(C(=O)c2cccc(C)c2)c2nc3ccc(Br)cc3s2)cc(OC)c1OC. The molecule has 4 rings (SSSR count). The van der Waals surface area contributed by atoms with Gasteiger partial charge >= 0.3 is 0 Å². The molecule has 0 fully saturated rings. The minimum absolute atomic E-state index is 0.287. The van der Waals surface area contributed by atoms with E-state index in [9.17, 15) is 4.79 Å². The molecule has 1 heterocycles. The number of aryl methyl sites for hydroxylation is 1. The molecule has 0 aliphatic heterocycles. The third-order valence-corrected chi connectivity index (χ3v) is 6.47. The molecule has 1 aromatic heterocycles. The lowest BCUT2D eigenvalue weighted by atomic mass is 10.1. The summed E-state index contributed by atoms with van der Waals surface area (Å²) in [7, 11) is 4.64. The van der Waals surface area contributed by atoms with E-state index in [1.54, 1.807) is 45.7 Å². The maximum Gasteiger partial charge on any atom is 0.280 e. The van der Waals surface area contributed by atoms with Crippen LogP contribution in [0.5, 0.6) is 17.2 Å². The Morgan fingerprint density at radius 3 is 2.41 bits per heavy atom. The number of rotatable bonds is 7. The first-order chi connectivity index (χ1) is 16.4. The Morgan fingerprint density at radius 2 is 1.76 bits per heavy atom. The number of thiazole rings is 1. The zero-order valence-corrected chi connectivity index (χ0v) is 21.4. The standard InChI is InChI=1S/C25H22BrN3O4S/c1-15-6-5-7-17(10-15)24(30)29(25-28-19-9-8-18(26)13-22(19)34-25)27-14-16-11-20(31-2)23(33-4)21(12-16)32-3/h5-14H,1-4H3/b27-14+. The fourth-order valence-corrected chi connectivity index (χ4v) is 4.84. The lowest BCUT2D eigenvalue weighted by molar-refractivity contribution is 0.0987. The summed E-state index contributed by atoms with van der Waals surface area (Å²) in [6.45, 7) is 1.94. The number of amides is 1. The van der Waals surface area contributed by atoms with Crippen LogP contribution in [0.3, 0.4) is 0 Å². The molecule has 0 N–H and O–H groups in total. The molecule has 174 valence electrons. The zero-order chi connectivity index (χ0) is 24.2. The predicted molar refractivity (Wildman–Crippen MR) is 139 cm³/mol. The predicted octanol–water partition coefficient (Wildman–Crippen LogP) is 6.07. The Hall–Kier alpha value is -3.43. The van der Waals surface area contributed by atoms with Gasteiger partial charge in [-0.1, -0.05) is 45.0 Å². The largest absolute Gasteiger partial charge is 0.493 e. The minimum atomic E-state index is -0.287. The van der Waals surface area contributed by atoms with Gasteiger partial charge in [0.05, 0.1) is 37.8 Å². The molecular formula is C25H22BrN3O4S. The highest BCUT2D eigenvalue weighted by atomic mass is 79.9. The van der Waals surface area contributed by atoms with Crippen molar-refractivity contribution in [2.24, 2.45) is 5.10 Å². The van der Waals surface area contributed by atoms with Gasteiger partial charge in [0.15, 0.2) is 11.5 Å². The van der Waals surface area contributed by atoms with Gasteiger partial charge in [-0.3, -0.25) is 4.79 Å². The van der Waals surface area contributed by atoms with Crippen molar-refractivity contribution in [3.63, 3.8) is 0 Å². The van der Waals surface area contributed by atoms with Gasteiger partial charge in [-0.15, -0.1) is 0 Å². The van der Waals surface area contributed by atoms with E-state index in [1.165, 1.54) is 16.3 Å². The first kappa shape index (κ1) is 23.7. The molecule has 1 amide bonds. The number of methoxy groups -OCH3 is 3. The van der Waals surface area contributed by atoms with E-state index in [0.717, 1.165) is 20.3 Å². The fourth-order valence-electron chi connectivity index (χ4n) is 3.37. The quantitative estimate of drug-likeness (QED) is 0.210. The van der Waals surface area contributed by atoms with Crippen LogP contribution < -0.4 is 19.2 Å². The summed E-state index contributed by atoms with van der Waals surface area (Å²) in [5.41, 5.74) is 2.95. The van der Waals surface area contributed by atoms with Crippen LogP contribution in [0.25, 0.3) is 10.2 Å². The number of hydrogen-bond acceptors (Lipinski definition) is 7. The highest BCUT2D eigenvalue weighted by molar-refractivity contribution is 9.10. The molecule has 7 nitrogen and oxygen atoms in total. The third kappa shape index (κ3) is 4.90. The lowest BCUT2D eigenvalue weighted by Crippen LogP contribution is -2.25. The highest BCUT2D eigenvalue weighted by Gasteiger charge is 2.21. The molecule has 3 aromatic carbocycles. The number of nitrogens with zero attached hydrogens (tertiary/aromatic N) is 3. The Bertz CT molecular complexity index is 1360. The summed E-state index contributed by atoms with van der Waals surface area (Å²) in [6, 6.07) is 16.7. The van der Waals surface area contributed by atoms with Crippen molar-refractivity contribution in [3.05, 3.63) is 75.8 Å². The average molecular weight is 540 g/mol. The molecule has 0 saturated carbocycles. The van der Waals surface area contributed by atoms with Crippen molar-refractivity contribution in [2.75, 3.05) is 26.3 Å². The molecule has 0 atom stereocenters. The number of halogens is 1. The molecule has 9 heteroatoms. The van der Waals surface area contributed by atoms with E-state index >= 15 is 0 Å². The average Bonchev–Trinajstić information content (AvgIpc) is 3.26. The van der Waals surface area contributed by atoms with Crippen molar-refractivity contribution in [1.29, 1.82) is 0 Å². The maximum absolute atomic E-state index is 13.5. The first-order valence-electron chi connectivity index (χ1n) is 10.2. The van der Waals surface area contributed by atoms with Gasteiger partial charge in [-0.2, -0.15) is 10.1 Å². The van der Waals surface area contributed by atoms with Crippen molar-refractivity contribution >= 4 is 54.7 Å². The second-order valence-corrected chi connectivity index (χ2v) is 9.22. The van der Waals surface area contributed by atoms with Crippen LogP contribution in [0.15, 0.2) is 64.2 Å². The van der Waals surface area contributed by atoms with Crippen LogP contribution in [0.4, 0.5) is 5.13 Å². The van der Waals surface area contributed by atoms with Gasteiger partial charge in [0.1, 0.15) is 0 Å².